The molecule has 0 saturated carbocycles. The molecule has 0 atom stereocenters. The Bertz CT molecular complexity index is 663. The number of hydrogen-bond donors (Lipinski definition) is 1. The number of urea groups is 1. The molecule has 2 amide bonds. The molecule has 1 aliphatic rings. The van der Waals surface area contributed by atoms with Crippen molar-refractivity contribution in [3.63, 3.8) is 0 Å². The molecule has 6 heteroatoms. The van der Waals surface area contributed by atoms with Crippen molar-refractivity contribution in [2.75, 3.05) is 18.5 Å². The number of rotatable bonds is 1. The molecule has 0 radical (unpaired) electrons. The molecule has 2 aromatic rings. The molecular weight excluding hydrogens is 290 g/mol. The van der Waals surface area contributed by atoms with Gasteiger partial charge in [0.1, 0.15) is 6.61 Å². The molecule has 5 nitrogen and oxygen atoms in total. The largest absolute Gasteiger partial charge is 0.476 e. The minimum atomic E-state index is -0.205. The van der Waals surface area contributed by atoms with Gasteiger partial charge in [0.05, 0.1) is 23.8 Å². The van der Waals surface area contributed by atoms with Crippen LogP contribution in [0.5, 0.6) is 5.88 Å². The number of carbonyl (C=O) groups excluding carboxylic acids is 1. The maximum Gasteiger partial charge on any atom is 0.322 e. The first-order chi connectivity index (χ1) is 10.2. The van der Waals surface area contributed by atoms with Crippen LogP contribution in [-0.4, -0.2) is 29.1 Å². The lowest BCUT2D eigenvalue weighted by molar-refractivity contribution is 0.200. The summed E-state index contributed by atoms with van der Waals surface area (Å²) in [4.78, 5) is 18.2. The summed E-state index contributed by atoms with van der Waals surface area (Å²) in [6.07, 6.45) is 1.68. The third-order valence-corrected chi connectivity index (χ3v) is 3.54. The molecule has 0 bridgehead atoms. The fourth-order valence-corrected chi connectivity index (χ4v) is 2.32. The fourth-order valence-electron chi connectivity index (χ4n) is 2.14. The highest BCUT2D eigenvalue weighted by molar-refractivity contribution is 6.33. The molecule has 1 aliphatic heterocycles. The Morgan fingerprint density at radius 2 is 2.14 bits per heavy atom. The van der Waals surface area contributed by atoms with Gasteiger partial charge in [-0.15, -0.1) is 0 Å². The number of amides is 2. The van der Waals surface area contributed by atoms with Crippen molar-refractivity contribution in [1.29, 1.82) is 0 Å². The molecule has 2 heterocycles. The zero-order valence-corrected chi connectivity index (χ0v) is 12.0. The van der Waals surface area contributed by atoms with Crippen molar-refractivity contribution < 1.29 is 9.53 Å². The van der Waals surface area contributed by atoms with Crippen LogP contribution in [0.2, 0.25) is 5.02 Å². The summed E-state index contributed by atoms with van der Waals surface area (Å²) in [5.74, 6) is 0.588. The molecule has 0 saturated heterocycles. The Kier molecular flexibility index (Phi) is 3.92. The average molecular weight is 304 g/mol. The molecule has 0 fully saturated rings. The van der Waals surface area contributed by atoms with E-state index in [9.17, 15) is 4.79 Å². The number of nitrogens with one attached hydrogen (secondary N) is 1. The van der Waals surface area contributed by atoms with E-state index in [-0.39, 0.29) is 6.03 Å². The fraction of sp³-hybridized carbons (Fsp3) is 0.200. The van der Waals surface area contributed by atoms with E-state index in [0.717, 1.165) is 5.56 Å². The quantitative estimate of drug-likeness (QED) is 0.880. The van der Waals surface area contributed by atoms with Crippen molar-refractivity contribution in [3.8, 4) is 5.88 Å². The zero-order valence-electron chi connectivity index (χ0n) is 11.3. The Labute approximate surface area is 127 Å². The molecule has 1 aromatic heterocycles. The third kappa shape index (κ3) is 3.08. The first-order valence-corrected chi connectivity index (χ1v) is 6.99. The summed E-state index contributed by atoms with van der Waals surface area (Å²) in [6, 6.07) is 10.7. The van der Waals surface area contributed by atoms with Crippen LogP contribution in [0.25, 0.3) is 0 Å². The lowest BCUT2D eigenvalue weighted by atomic mass is 10.2. The first kappa shape index (κ1) is 13.7. The molecule has 1 N–H and O–H groups in total. The van der Waals surface area contributed by atoms with Crippen LogP contribution in [0.1, 0.15) is 5.56 Å². The normalized spacial score (nSPS) is 13.9. The van der Waals surface area contributed by atoms with Gasteiger partial charge in [-0.05, 0) is 18.2 Å². The predicted octanol–water partition coefficient (Wildman–Crippen LogP) is 3.16. The van der Waals surface area contributed by atoms with E-state index < -0.39 is 0 Å². The van der Waals surface area contributed by atoms with Gasteiger partial charge in [0.2, 0.25) is 5.88 Å². The minimum absolute atomic E-state index is 0.205. The molecule has 0 spiro atoms. The van der Waals surface area contributed by atoms with Gasteiger partial charge in [-0.25, -0.2) is 9.78 Å². The van der Waals surface area contributed by atoms with Gasteiger partial charge in [0, 0.05) is 11.8 Å². The van der Waals surface area contributed by atoms with Gasteiger partial charge >= 0.3 is 6.03 Å². The van der Waals surface area contributed by atoms with Crippen LogP contribution in [0.3, 0.4) is 0 Å². The third-order valence-electron chi connectivity index (χ3n) is 3.21. The molecular formula is C15H14ClN3O2. The van der Waals surface area contributed by atoms with Gasteiger partial charge < -0.3 is 15.0 Å². The smallest absolute Gasteiger partial charge is 0.322 e. The monoisotopic (exact) mass is 303 g/mol. The van der Waals surface area contributed by atoms with E-state index in [1.54, 1.807) is 23.2 Å². The summed E-state index contributed by atoms with van der Waals surface area (Å²) < 4.78 is 5.54. The van der Waals surface area contributed by atoms with Gasteiger partial charge in [-0.1, -0.05) is 29.8 Å². The topological polar surface area (TPSA) is 54.5 Å². The number of fused-ring (bicyclic) bond motifs is 1. The lowest BCUT2D eigenvalue weighted by Crippen LogP contribution is -2.36. The van der Waals surface area contributed by atoms with Crippen LogP contribution >= 0.6 is 11.6 Å². The minimum Gasteiger partial charge on any atom is -0.476 e. The highest BCUT2D eigenvalue weighted by Crippen LogP contribution is 2.23. The maximum absolute atomic E-state index is 12.4. The Hall–Kier alpha value is -2.27. The average Bonchev–Trinajstić information content (AvgIpc) is 2.72. The van der Waals surface area contributed by atoms with Crippen LogP contribution in [-0.2, 0) is 6.54 Å². The van der Waals surface area contributed by atoms with Crippen LogP contribution < -0.4 is 10.1 Å². The second kappa shape index (κ2) is 6.01. The highest BCUT2D eigenvalue weighted by Gasteiger charge is 2.20. The van der Waals surface area contributed by atoms with E-state index >= 15 is 0 Å². The number of halogens is 1. The Balaban J connectivity index is 1.75. The van der Waals surface area contributed by atoms with Gasteiger partial charge in [-0.3, -0.25) is 0 Å². The number of ether oxygens (including phenoxy) is 1. The lowest BCUT2D eigenvalue weighted by Gasteiger charge is -2.20. The predicted molar refractivity (Wildman–Crippen MR) is 80.6 cm³/mol. The van der Waals surface area contributed by atoms with Crippen molar-refractivity contribution in [2.24, 2.45) is 0 Å². The molecule has 1 aromatic carbocycles. The van der Waals surface area contributed by atoms with Gasteiger partial charge in [-0.2, -0.15) is 0 Å². The van der Waals surface area contributed by atoms with Crippen molar-refractivity contribution in [3.05, 3.63) is 53.2 Å². The molecule has 108 valence electrons. The van der Waals surface area contributed by atoms with E-state index in [0.29, 0.717) is 36.3 Å². The number of para-hydroxylation sites is 1. The molecule has 0 aliphatic carbocycles. The number of benzene rings is 1. The number of pyridine rings is 1. The number of aromatic nitrogens is 1. The Morgan fingerprint density at radius 3 is 3.00 bits per heavy atom. The van der Waals surface area contributed by atoms with E-state index in [1.807, 2.05) is 24.3 Å². The zero-order chi connectivity index (χ0) is 14.7. The molecule has 0 unspecified atom stereocenters. The van der Waals surface area contributed by atoms with E-state index in [1.165, 1.54) is 0 Å². The highest BCUT2D eigenvalue weighted by atomic mass is 35.5. The number of anilines is 1. The molecule has 21 heavy (non-hydrogen) atoms. The summed E-state index contributed by atoms with van der Waals surface area (Å²) in [6.45, 7) is 1.37. The van der Waals surface area contributed by atoms with Crippen molar-refractivity contribution >= 4 is 23.3 Å². The summed E-state index contributed by atoms with van der Waals surface area (Å²) in [7, 11) is 0. The number of nitrogens with zero attached hydrogens (tertiary/aromatic N) is 2. The summed E-state index contributed by atoms with van der Waals surface area (Å²) in [5, 5.41) is 3.33. The maximum atomic E-state index is 12.4. The van der Waals surface area contributed by atoms with Crippen LogP contribution in [0, 0.1) is 0 Å². The van der Waals surface area contributed by atoms with Crippen LogP contribution in [0.15, 0.2) is 42.6 Å². The number of carbonyl (C=O) groups is 1. The standard InChI is InChI=1S/C15H14ClN3O2/c16-12-5-1-2-6-13(12)18-15(20)19-8-9-21-14-11(10-19)4-3-7-17-14/h1-7H,8-10H2,(H,18,20). The van der Waals surface area contributed by atoms with Gasteiger partial charge in [0.25, 0.3) is 0 Å². The summed E-state index contributed by atoms with van der Waals surface area (Å²) >= 11 is 6.05. The van der Waals surface area contributed by atoms with Crippen LogP contribution in [0.4, 0.5) is 10.5 Å². The SMILES string of the molecule is O=C(Nc1ccccc1Cl)N1CCOc2ncccc2C1. The second-order valence-corrected chi connectivity index (χ2v) is 5.05. The Morgan fingerprint density at radius 1 is 1.29 bits per heavy atom. The number of hydrogen-bond acceptors (Lipinski definition) is 3. The van der Waals surface area contributed by atoms with Crippen molar-refractivity contribution in [2.45, 2.75) is 6.54 Å². The second-order valence-electron chi connectivity index (χ2n) is 4.65. The van der Waals surface area contributed by atoms with Crippen molar-refractivity contribution in [1.82, 2.24) is 9.88 Å². The van der Waals surface area contributed by atoms with E-state index in [2.05, 4.69) is 10.3 Å². The first-order valence-electron chi connectivity index (χ1n) is 6.61. The molecule has 3 rings (SSSR count). The van der Waals surface area contributed by atoms with E-state index in [4.69, 9.17) is 16.3 Å². The van der Waals surface area contributed by atoms with Gasteiger partial charge in [0.15, 0.2) is 0 Å². The summed E-state index contributed by atoms with van der Waals surface area (Å²) in [5.41, 5.74) is 1.49.